The molecular weight excluding hydrogens is 294 g/mol. The monoisotopic (exact) mass is 311 g/mol. The van der Waals surface area contributed by atoms with E-state index in [9.17, 15) is 4.79 Å². The van der Waals surface area contributed by atoms with Crippen molar-refractivity contribution in [2.75, 3.05) is 25.1 Å². The topological polar surface area (TPSA) is 64.5 Å². The first-order chi connectivity index (χ1) is 11.2. The standard InChI is InChI=1S/C17H17N3O3/c1-22-16(21)14-6-7-15(19-18-14)20-9-8-17(11-20)13-5-3-2-4-12(13)10-23-17/h2-7H,8-11H2,1H3. The highest BCUT2D eigenvalue weighted by Crippen LogP contribution is 2.43. The average molecular weight is 311 g/mol. The third-order valence-corrected chi connectivity index (χ3v) is 4.61. The predicted molar refractivity (Wildman–Crippen MR) is 83.1 cm³/mol. The van der Waals surface area contributed by atoms with Gasteiger partial charge in [0, 0.05) is 6.54 Å². The van der Waals surface area contributed by atoms with Crippen LogP contribution in [-0.2, 0) is 21.7 Å². The second-order valence-corrected chi connectivity index (χ2v) is 5.88. The molecule has 1 aromatic heterocycles. The molecule has 6 heteroatoms. The largest absolute Gasteiger partial charge is 0.464 e. The fourth-order valence-corrected chi connectivity index (χ4v) is 3.41. The van der Waals surface area contributed by atoms with Gasteiger partial charge in [0.1, 0.15) is 5.60 Å². The molecular formula is C17H17N3O3. The molecule has 1 aromatic carbocycles. The highest BCUT2D eigenvalue weighted by molar-refractivity contribution is 5.87. The molecule has 0 bridgehead atoms. The molecule has 118 valence electrons. The smallest absolute Gasteiger partial charge is 0.358 e. The van der Waals surface area contributed by atoms with E-state index in [0.717, 1.165) is 25.3 Å². The first-order valence-electron chi connectivity index (χ1n) is 7.61. The number of benzene rings is 1. The molecule has 3 heterocycles. The van der Waals surface area contributed by atoms with Gasteiger partial charge in [0.25, 0.3) is 0 Å². The van der Waals surface area contributed by atoms with Crippen molar-refractivity contribution in [1.29, 1.82) is 0 Å². The highest BCUT2D eigenvalue weighted by atomic mass is 16.5. The zero-order valence-corrected chi connectivity index (χ0v) is 12.9. The minimum atomic E-state index is -0.477. The van der Waals surface area contributed by atoms with E-state index in [1.165, 1.54) is 18.2 Å². The van der Waals surface area contributed by atoms with Gasteiger partial charge in [-0.3, -0.25) is 0 Å². The van der Waals surface area contributed by atoms with Gasteiger partial charge < -0.3 is 14.4 Å². The van der Waals surface area contributed by atoms with Crippen LogP contribution in [0.3, 0.4) is 0 Å². The fourth-order valence-electron chi connectivity index (χ4n) is 3.41. The Balaban J connectivity index is 1.56. The van der Waals surface area contributed by atoms with E-state index in [0.29, 0.717) is 6.61 Å². The van der Waals surface area contributed by atoms with Gasteiger partial charge in [-0.05, 0) is 29.7 Å². The van der Waals surface area contributed by atoms with Crippen LogP contribution in [0.15, 0.2) is 36.4 Å². The summed E-state index contributed by atoms with van der Waals surface area (Å²) in [5.41, 5.74) is 2.51. The zero-order chi connectivity index (χ0) is 15.9. The number of fused-ring (bicyclic) bond motifs is 2. The van der Waals surface area contributed by atoms with Crippen LogP contribution in [0.4, 0.5) is 5.82 Å². The third-order valence-electron chi connectivity index (χ3n) is 4.61. The maximum atomic E-state index is 11.4. The van der Waals surface area contributed by atoms with Crippen molar-refractivity contribution in [2.24, 2.45) is 0 Å². The maximum absolute atomic E-state index is 11.4. The molecule has 1 saturated heterocycles. The zero-order valence-electron chi connectivity index (χ0n) is 12.9. The van der Waals surface area contributed by atoms with E-state index >= 15 is 0 Å². The quantitative estimate of drug-likeness (QED) is 0.789. The summed E-state index contributed by atoms with van der Waals surface area (Å²) in [5.74, 6) is 0.275. The second kappa shape index (κ2) is 5.31. The van der Waals surface area contributed by atoms with E-state index in [4.69, 9.17) is 4.74 Å². The van der Waals surface area contributed by atoms with Crippen molar-refractivity contribution in [3.8, 4) is 0 Å². The minimum absolute atomic E-state index is 0.215. The van der Waals surface area contributed by atoms with Crippen molar-refractivity contribution >= 4 is 11.8 Å². The molecule has 1 fully saturated rings. The molecule has 1 unspecified atom stereocenters. The minimum Gasteiger partial charge on any atom is -0.464 e. The number of ether oxygens (including phenoxy) is 2. The number of nitrogens with zero attached hydrogens (tertiary/aromatic N) is 3. The molecule has 0 aliphatic carbocycles. The first kappa shape index (κ1) is 14.1. The lowest BCUT2D eigenvalue weighted by Gasteiger charge is -2.25. The van der Waals surface area contributed by atoms with Gasteiger partial charge in [0.2, 0.25) is 0 Å². The van der Waals surface area contributed by atoms with Crippen LogP contribution in [0.25, 0.3) is 0 Å². The van der Waals surface area contributed by atoms with E-state index in [2.05, 4.69) is 38.0 Å². The van der Waals surface area contributed by atoms with Gasteiger partial charge >= 0.3 is 5.97 Å². The molecule has 2 aliphatic heterocycles. The highest BCUT2D eigenvalue weighted by Gasteiger charge is 2.45. The Morgan fingerprint density at radius 1 is 1.26 bits per heavy atom. The Labute approximate surface area is 134 Å². The molecule has 4 rings (SSSR count). The number of methoxy groups -OCH3 is 1. The number of hydrogen-bond acceptors (Lipinski definition) is 6. The molecule has 0 amide bonds. The number of anilines is 1. The van der Waals surface area contributed by atoms with Gasteiger partial charge in [-0.1, -0.05) is 24.3 Å². The summed E-state index contributed by atoms with van der Waals surface area (Å²) in [4.78, 5) is 13.6. The van der Waals surface area contributed by atoms with Crippen molar-refractivity contribution in [3.05, 3.63) is 53.2 Å². The van der Waals surface area contributed by atoms with Crippen LogP contribution in [-0.4, -0.2) is 36.4 Å². The lowest BCUT2D eigenvalue weighted by molar-refractivity contribution is -0.0205. The lowest BCUT2D eigenvalue weighted by atomic mass is 9.92. The summed E-state index contributed by atoms with van der Waals surface area (Å²) < 4.78 is 10.8. The van der Waals surface area contributed by atoms with Crippen LogP contribution >= 0.6 is 0 Å². The van der Waals surface area contributed by atoms with Crippen molar-refractivity contribution < 1.29 is 14.3 Å². The summed E-state index contributed by atoms with van der Waals surface area (Å²) in [7, 11) is 1.33. The number of carbonyl (C=O) groups excluding carboxylic acids is 1. The summed E-state index contributed by atoms with van der Waals surface area (Å²) >= 11 is 0. The molecule has 6 nitrogen and oxygen atoms in total. The van der Waals surface area contributed by atoms with Crippen molar-refractivity contribution in [2.45, 2.75) is 18.6 Å². The predicted octanol–water partition coefficient (Wildman–Crippen LogP) is 1.90. The summed E-state index contributed by atoms with van der Waals surface area (Å²) in [5, 5.41) is 8.11. The SMILES string of the molecule is COC(=O)c1ccc(N2CCC3(C2)OCc2ccccc23)nn1. The van der Waals surface area contributed by atoms with E-state index in [-0.39, 0.29) is 11.3 Å². The Hall–Kier alpha value is -2.47. The Morgan fingerprint density at radius 3 is 2.91 bits per heavy atom. The van der Waals surface area contributed by atoms with Crippen LogP contribution in [0.2, 0.25) is 0 Å². The van der Waals surface area contributed by atoms with Crippen LogP contribution < -0.4 is 4.90 Å². The number of aromatic nitrogens is 2. The van der Waals surface area contributed by atoms with E-state index < -0.39 is 5.97 Å². The molecule has 1 spiro atoms. The summed E-state index contributed by atoms with van der Waals surface area (Å²) in [6.45, 7) is 2.26. The van der Waals surface area contributed by atoms with Gasteiger partial charge in [0.15, 0.2) is 11.5 Å². The Kier molecular flexibility index (Phi) is 3.27. The first-order valence-corrected chi connectivity index (χ1v) is 7.61. The molecule has 23 heavy (non-hydrogen) atoms. The molecule has 2 aromatic rings. The van der Waals surface area contributed by atoms with Gasteiger partial charge in [-0.25, -0.2) is 4.79 Å². The van der Waals surface area contributed by atoms with Gasteiger partial charge in [0.05, 0.1) is 20.3 Å². The average Bonchev–Trinajstić information content (AvgIpc) is 3.20. The number of hydrogen-bond donors (Lipinski definition) is 0. The number of carbonyl (C=O) groups is 1. The second-order valence-electron chi connectivity index (χ2n) is 5.88. The van der Waals surface area contributed by atoms with Crippen LogP contribution in [0.1, 0.15) is 28.0 Å². The molecule has 1 atom stereocenters. The molecule has 2 aliphatic rings. The van der Waals surface area contributed by atoms with Gasteiger partial charge in [-0.15, -0.1) is 10.2 Å². The third kappa shape index (κ3) is 2.26. The number of esters is 1. The normalized spacial score (nSPS) is 22.4. The van der Waals surface area contributed by atoms with E-state index in [1.807, 2.05) is 6.07 Å². The number of rotatable bonds is 2. The van der Waals surface area contributed by atoms with Crippen LogP contribution in [0.5, 0.6) is 0 Å². The molecule has 0 radical (unpaired) electrons. The fraction of sp³-hybridized carbons (Fsp3) is 0.353. The lowest BCUT2D eigenvalue weighted by Crippen LogP contribution is -2.31. The Bertz CT molecular complexity index is 747. The summed E-state index contributed by atoms with van der Waals surface area (Å²) in [6.07, 6.45) is 0.921. The summed E-state index contributed by atoms with van der Waals surface area (Å²) in [6, 6.07) is 11.8. The van der Waals surface area contributed by atoms with Crippen molar-refractivity contribution in [1.82, 2.24) is 10.2 Å². The molecule has 0 N–H and O–H groups in total. The molecule has 0 saturated carbocycles. The van der Waals surface area contributed by atoms with Gasteiger partial charge in [-0.2, -0.15) is 0 Å². The van der Waals surface area contributed by atoms with E-state index in [1.54, 1.807) is 12.1 Å². The van der Waals surface area contributed by atoms with Crippen LogP contribution in [0, 0.1) is 0 Å². The maximum Gasteiger partial charge on any atom is 0.358 e. The van der Waals surface area contributed by atoms with Crippen molar-refractivity contribution in [3.63, 3.8) is 0 Å². The Morgan fingerprint density at radius 2 is 2.13 bits per heavy atom.